The highest BCUT2D eigenvalue weighted by Gasteiger charge is 2.36. The molecule has 4 unspecified atom stereocenters. The van der Waals surface area contributed by atoms with E-state index in [1.807, 2.05) is 56.6 Å². The number of carbonyl (C=O) groups is 4. The molecule has 346 valence electrons. The van der Waals surface area contributed by atoms with E-state index in [-0.39, 0.29) is 61.6 Å². The average molecular weight is 910 g/mol. The van der Waals surface area contributed by atoms with Gasteiger partial charge >= 0.3 is 0 Å². The molecule has 5 aliphatic rings. The Balaban J connectivity index is 0.797. The third-order valence-corrected chi connectivity index (χ3v) is 12.3. The fourth-order valence-corrected chi connectivity index (χ4v) is 8.36. The van der Waals surface area contributed by atoms with E-state index in [2.05, 4.69) is 10.6 Å². The number of nitrogens with two attached hydrogens (primary N) is 1. The van der Waals surface area contributed by atoms with Crippen molar-refractivity contribution in [3.63, 3.8) is 0 Å². The van der Waals surface area contributed by atoms with Crippen molar-refractivity contribution >= 4 is 64.3 Å². The third-order valence-electron chi connectivity index (χ3n) is 12.3. The number of nitrogens with one attached hydrogen (secondary N) is 2. The standard InChI is InChI=1S/C50H51N7O10/c1-27(2)46(51)48(59)54-28(3)47(58)55-33-10-7-29(8-11-33)31-15-34-22-52-38-20-44(41(62-4)18-36(38)49(60)56(34)24-31)64-13-6-14-65-45-21-39-37(19-42(45)63-5)50(61)57-25-32(16-35(57)23-53-39)30-9-12-40-43(17-30)67-26-66-40/h7-12,17-25,27-28,34-35,46H,6,13-16,26,51H2,1-5H3,(H,54,59)(H,55,58). The van der Waals surface area contributed by atoms with Crippen LogP contribution in [0.15, 0.2) is 89.1 Å². The molecule has 67 heavy (non-hydrogen) atoms. The van der Waals surface area contributed by atoms with Gasteiger partial charge in [-0.2, -0.15) is 0 Å². The molecule has 0 saturated heterocycles. The zero-order chi connectivity index (χ0) is 46.9. The molecule has 4 N–H and O–H groups in total. The lowest BCUT2D eigenvalue weighted by Gasteiger charge is -2.19. The van der Waals surface area contributed by atoms with Gasteiger partial charge in [0.25, 0.3) is 11.8 Å². The number of hydrogen-bond donors (Lipinski definition) is 3. The van der Waals surface area contributed by atoms with Gasteiger partial charge in [0.05, 0.1) is 68.1 Å². The first-order chi connectivity index (χ1) is 32.4. The number of fused-ring (bicyclic) bond motifs is 5. The number of hydrogen-bond acceptors (Lipinski definition) is 13. The van der Waals surface area contributed by atoms with Gasteiger partial charge in [-0.3, -0.25) is 29.2 Å². The molecule has 17 nitrogen and oxygen atoms in total. The zero-order valence-corrected chi connectivity index (χ0v) is 37.7. The molecule has 0 aliphatic carbocycles. The molecule has 0 spiro atoms. The molecule has 9 rings (SSSR count). The number of ether oxygens (including phenoxy) is 6. The van der Waals surface area contributed by atoms with Crippen LogP contribution in [0, 0.1) is 5.92 Å². The summed E-state index contributed by atoms with van der Waals surface area (Å²) in [6.07, 6.45) is 8.87. The predicted molar refractivity (Wildman–Crippen MR) is 251 cm³/mol. The maximum Gasteiger partial charge on any atom is 0.260 e. The van der Waals surface area contributed by atoms with Gasteiger partial charge in [-0.1, -0.05) is 32.0 Å². The van der Waals surface area contributed by atoms with Crippen LogP contribution in [0.2, 0.25) is 0 Å². The van der Waals surface area contributed by atoms with Crippen LogP contribution >= 0.6 is 0 Å². The van der Waals surface area contributed by atoms with Crippen molar-refractivity contribution in [1.29, 1.82) is 0 Å². The lowest BCUT2D eigenvalue weighted by Crippen LogP contribution is -2.50. The molecule has 4 atom stereocenters. The van der Waals surface area contributed by atoms with Crippen molar-refractivity contribution < 1.29 is 47.6 Å². The Morgan fingerprint density at radius 3 is 1.81 bits per heavy atom. The lowest BCUT2D eigenvalue weighted by molar-refractivity contribution is -0.127. The number of nitrogens with zero attached hydrogens (tertiary/aromatic N) is 4. The molecule has 0 fully saturated rings. The second kappa shape index (κ2) is 18.7. The molecule has 0 aromatic heterocycles. The van der Waals surface area contributed by atoms with Crippen LogP contribution in [0.5, 0.6) is 34.5 Å². The summed E-state index contributed by atoms with van der Waals surface area (Å²) in [5.41, 5.74) is 12.0. The summed E-state index contributed by atoms with van der Waals surface area (Å²) in [6, 6.07) is 17.8. The number of carbonyl (C=O) groups excluding carboxylic acids is 4. The van der Waals surface area contributed by atoms with E-state index in [9.17, 15) is 19.2 Å². The number of aliphatic imine (C=N–C) groups is 2. The van der Waals surface area contributed by atoms with E-state index in [0.29, 0.717) is 81.9 Å². The van der Waals surface area contributed by atoms with Crippen LogP contribution in [-0.2, 0) is 9.59 Å². The van der Waals surface area contributed by atoms with Crippen LogP contribution in [0.1, 0.15) is 71.9 Å². The molecule has 0 radical (unpaired) electrons. The fraction of sp³-hybridized carbons (Fsp3) is 0.320. The Labute approximate surface area is 387 Å². The van der Waals surface area contributed by atoms with Crippen molar-refractivity contribution in [2.45, 2.75) is 64.2 Å². The number of anilines is 1. The summed E-state index contributed by atoms with van der Waals surface area (Å²) < 4.78 is 34.6. The van der Waals surface area contributed by atoms with Gasteiger partial charge in [-0.25, -0.2) is 0 Å². The van der Waals surface area contributed by atoms with Crippen molar-refractivity contribution in [2.24, 2.45) is 21.6 Å². The molecule has 5 heterocycles. The van der Waals surface area contributed by atoms with Crippen LogP contribution in [0.3, 0.4) is 0 Å². The summed E-state index contributed by atoms with van der Waals surface area (Å²) in [4.78, 5) is 65.8. The van der Waals surface area contributed by atoms with Crippen LogP contribution < -0.4 is 44.8 Å². The van der Waals surface area contributed by atoms with E-state index in [0.717, 1.165) is 22.3 Å². The molecular weight excluding hydrogens is 859 g/mol. The first kappa shape index (κ1) is 44.5. The number of rotatable bonds is 15. The Morgan fingerprint density at radius 1 is 0.716 bits per heavy atom. The van der Waals surface area contributed by atoms with E-state index in [1.165, 1.54) is 14.2 Å². The van der Waals surface area contributed by atoms with Crippen LogP contribution in [0.25, 0.3) is 11.1 Å². The topological polar surface area (TPSA) is 205 Å². The number of amides is 4. The highest BCUT2D eigenvalue weighted by molar-refractivity contribution is 6.07. The van der Waals surface area contributed by atoms with Gasteiger partial charge in [-0.05, 0) is 71.5 Å². The normalized spacial score (nSPS) is 18.4. The molecule has 5 aliphatic heterocycles. The molecule has 0 saturated carbocycles. The van der Waals surface area contributed by atoms with Gasteiger partial charge in [0, 0.05) is 61.9 Å². The highest BCUT2D eigenvalue weighted by atomic mass is 16.7. The highest BCUT2D eigenvalue weighted by Crippen LogP contribution is 2.43. The number of benzene rings is 4. The summed E-state index contributed by atoms with van der Waals surface area (Å²) in [5, 5.41) is 5.49. The largest absolute Gasteiger partial charge is 0.493 e. The van der Waals surface area contributed by atoms with E-state index in [1.54, 1.807) is 65.6 Å². The summed E-state index contributed by atoms with van der Waals surface area (Å²) >= 11 is 0. The second-order valence-electron chi connectivity index (χ2n) is 17.1. The summed E-state index contributed by atoms with van der Waals surface area (Å²) in [5.74, 6) is 1.81. The Morgan fingerprint density at radius 2 is 1.25 bits per heavy atom. The van der Waals surface area contributed by atoms with Crippen molar-refractivity contribution in [3.05, 3.63) is 101 Å². The molecule has 0 bridgehead atoms. The van der Waals surface area contributed by atoms with E-state index >= 15 is 0 Å². The number of methoxy groups -OCH3 is 2. The van der Waals surface area contributed by atoms with Crippen LogP contribution in [0.4, 0.5) is 17.1 Å². The van der Waals surface area contributed by atoms with Gasteiger partial charge < -0.3 is 54.6 Å². The zero-order valence-electron chi connectivity index (χ0n) is 37.7. The summed E-state index contributed by atoms with van der Waals surface area (Å²) in [6.45, 7) is 6.01. The smallest absolute Gasteiger partial charge is 0.260 e. The quantitative estimate of drug-likeness (QED) is 0.108. The van der Waals surface area contributed by atoms with E-state index in [4.69, 9.17) is 44.1 Å². The fourth-order valence-electron chi connectivity index (χ4n) is 8.36. The second-order valence-corrected chi connectivity index (χ2v) is 17.1. The average Bonchev–Trinajstić information content (AvgIpc) is 4.07. The Hall–Kier alpha value is -7.66. The molecule has 4 aromatic carbocycles. The predicted octanol–water partition coefficient (Wildman–Crippen LogP) is 6.65. The molecular formula is C50H51N7O10. The minimum absolute atomic E-state index is 0.0609. The van der Waals surface area contributed by atoms with Crippen molar-refractivity contribution in [1.82, 2.24) is 15.1 Å². The summed E-state index contributed by atoms with van der Waals surface area (Å²) in [7, 11) is 3.04. The molecule has 4 aromatic rings. The minimum atomic E-state index is -0.778. The van der Waals surface area contributed by atoms with Crippen LogP contribution in [-0.4, -0.2) is 104 Å². The lowest BCUT2D eigenvalue weighted by atomic mass is 10.0. The van der Waals surface area contributed by atoms with Gasteiger partial charge in [0.15, 0.2) is 34.5 Å². The Kier molecular flexibility index (Phi) is 12.4. The molecule has 17 heteroatoms. The Bertz CT molecular complexity index is 2770. The molecule has 4 amide bonds. The van der Waals surface area contributed by atoms with Gasteiger partial charge in [-0.15, -0.1) is 0 Å². The SMILES string of the molecule is COc1cc2c(cc1OCCCOc1cc3c(cc1OC)C(=O)N1C=C(c4ccc5c(c4)OCO5)CC1C=N3)N=CC1CC(c3ccc(NC(=O)C(C)NC(=O)C(N)C(C)C)cc3)=CN1C2=O. The van der Waals surface area contributed by atoms with Gasteiger partial charge in [0.1, 0.15) is 6.04 Å². The minimum Gasteiger partial charge on any atom is -0.493 e. The van der Waals surface area contributed by atoms with Crippen molar-refractivity contribution in [2.75, 3.05) is 39.5 Å². The first-order valence-corrected chi connectivity index (χ1v) is 22.1. The monoisotopic (exact) mass is 909 g/mol. The maximum absolute atomic E-state index is 14.0. The maximum atomic E-state index is 14.0. The van der Waals surface area contributed by atoms with E-state index < -0.39 is 12.1 Å². The first-order valence-electron chi connectivity index (χ1n) is 22.1. The third kappa shape index (κ3) is 9.01. The van der Waals surface area contributed by atoms with Crippen molar-refractivity contribution in [3.8, 4) is 34.5 Å². The van der Waals surface area contributed by atoms with Gasteiger partial charge in [0.2, 0.25) is 18.6 Å².